The van der Waals surface area contributed by atoms with Gasteiger partial charge in [0.15, 0.2) is 0 Å². The molecule has 1 saturated heterocycles. The van der Waals surface area contributed by atoms with E-state index in [0.717, 1.165) is 26.2 Å². The van der Waals surface area contributed by atoms with Crippen molar-refractivity contribution in [1.82, 2.24) is 4.90 Å². The summed E-state index contributed by atoms with van der Waals surface area (Å²) in [5, 5.41) is 0. The molecule has 18 heavy (non-hydrogen) atoms. The highest BCUT2D eigenvalue weighted by Crippen LogP contribution is 2.15. The Labute approximate surface area is 116 Å². The number of nitrogens with zero attached hydrogens (tertiary/aromatic N) is 1. The van der Waals surface area contributed by atoms with E-state index in [1.807, 2.05) is 0 Å². The second kappa shape index (κ2) is 7.10. The van der Waals surface area contributed by atoms with Crippen LogP contribution >= 0.6 is 12.4 Å². The fourth-order valence-corrected chi connectivity index (χ4v) is 2.33. The standard InChI is InChI=1S/C14H22N2O.ClH/c1-11-3-4-13(12(2)7-11)9-16-5-6-17-14(8-15)10-16;/h3-4,7,14H,5-6,8-10,15H2,1-2H3;1H. The highest BCUT2D eigenvalue weighted by Gasteiger charge is 2.19. The van der Waals surface area contributed by atoms with Crippen molar-refractivity contribution >= 4 is 12.4 Å². The van der Waals surface area contributed by atoms with Crippen molar-refractivity contribution in [3.8, 4) is 0 Å². The number of benzene rings is 1. The lowest BCUT2D eigenvalue weighted by Gasteiger charge is -2.32. The number of ether oxygens (including phenoxy) is 1. The van der Waals surface area contributed by atoms with Gasteiger partial charge in [-0.15, -0.1) is 12.4 Å². The Morgan fingerprint density at radius 2 is 2.17 bits per heavy atom. The Hall–Kier alpha value is -0.610. The Morgan fingerprint density at radius 3 is 2.83 bits per heavy atom. The summed E-state index contributed by atoms with van der Waals surface area (Å²) in [6.07, 6.45) is 0.203. The third-order valence-electron chi connectivity index (χ3n) is 3.38. The molecular weight excluding hydrogens is 248 g/mol. The van der Waals surface area contributed by atoms with Crippen molar-refractivity contribution < 1.29 is 4.74 Å². The van der Waals surface area contributed by atoms with E-state index in [4.69, 9.17) is 10.5 Å². The van der Waals surface area contributed by atoms with Crippen LogP contribution < -0.4 is 5.73 Å². The molecule has 3 nitrogen and oxygen atoms in total. The van der Waals surface area contributed by atoms with E-state index in [-0.39, 0.29) is 18.5 Å². The molecule has 102 valence electrons. The number of halogens is 1. The van der Waals surface area contributed by atoms with Crippen molar-refractivity contribution in [2.75, 3.05) is 26.2 Å². The van der Waals surface area contributed by atoms with Gasteiger partial charge in [-0.05, 0) is 25.0 Å². The van der Waals surface area contributed by atoms with Gasteiger partial charge in [0.2, 0.25) is 0 Å². The fraction of sp³-hybridized carbons (Fsp3) is 0.571. The minimum Gasteiger partial charge on any atom is -0.374 e. The summed E-state index contributed by atoms with van der Waals surface area (Å²) in [7, 11) is 0. The van der Waals surface area contributed by atoms with Crippen molar-refractivity contribution in [3.63, 3.8) is 0 Å². The Kier molecular flexibility index (Phi) is 6.09. The molecule has 2 rings (SSSR count). The summed E-state index contributed by atoms with van der Waals surface area (Å²) < 4.78 is 5.58. The SMILES string of the molecule is Cc1ccc(CN2CCOC(CN)C2)c(C)c1.Cl. The van der Waals surface area contributed by atoms with Crippen LogP contribution in [0.3, 0.4) is 0 Å². The van der Waals surface area contributed by atoms with Crippen LogP contribution in [0.25, 0.3) is 0 Å². The largest absolute Gasteiger partial charge is 0.374 e. The van der Waals surface area contributed by atoms with Crippen LogP contribution in [0.4, 0.5) is 0 Å². The lowest BCUT2D eigenvalue weighted by atomic mass is 10.0. The molecule has 0 radical (unpaired) electrons. The lowest BCUT2D eigenvalue weighted by molar-refractivity contribution is -0.0261. The molecule has 1 aromatic carbocycles. The quantitative estimate of drug-likeness (QED) is 0.912. The summed E-state index contributed by atoms with van der Waals surface area (Å²) in [5.41, 5.74) is 9.77. The maximum Gasteiger partial charge on any atom is 0.0824 e. The van der Waals surface area contributed by atoms with Crippen molar-refractivity contribution in [2.45, 2.75) is 26.5 Å². The van der Waals surface area contributed by atoms with Gasteiger partial charge < -0.3 is 10.5 Å². The number of hydrogen-bond acceptors (Lipinski definition) is 3. The summed E-state index contributed by atoms with van der Waals surface area (Å²) in [5.74, 6) is 0. The highest BCUT2D eigenvalue weighted by atomic mass is 35.5. The Bertz CT molecular complexity index is 384. The molecule has 1 fully saturated rings. The van der Waals surface area contributed by atoms with Gasteiger partial charge in [-0.25, -0.2) is 0 Å². The zero-order valence-corrected chi connectivity index (χ0v) is 12.0. The maximum absolute atomic E-state index is 5.66. The monoisotopic (exact) mass is 270 g/mol. The average molecular weight is 271 g/mol. The van der Waals surface area contributed by atoms with Gasteiger partial charge in [0.25, 0.3) is 0 Å². The van der Waals surface area contributed by atoms with Crippen LogP contribution in [0.2, 0.25) is 0 Å². The molecule has 1 unspecified atom stereocenters. The number of aryl methyl sites for hydroxylation is 2. The second-order valence-corrected chi connectivity index (χ2v) is 4.89. The third-order valence-corrected chi connectivity index (χ3v) is 3.38. The van der Waals surface area contributed by atoms with Crippen LogP contribution in [-0.4, -0.2) is 37.2 Å². The normalized spacial score (nSPS) is 20.5. The smallest absolute Gasteiger partial charge is 0.0824 e. The van der Waals surface area contributed by atoms with E-state index in [1.165, 1.54) is 16.7 Å². The number of rotatable bonds is 3. The van der Waals surface area contributed by atoms with Crippen molar-refractivity contribution in [1.29, 1.82) is 0 Å². The number of hydrogen-bond donors (Lipinski definition) is 1. The van der Waals surface area contributed by atoms with E-state index >= 15 is 0 Å². The molecule has 1 heterocycles. The molecule has 0 aliphatic carbocycles. The summed E-state index contributed by atoms with van der Waals surface area (Å²) in [6, 6.07) is 6.66. The zero-order valence-electron chi connectivity index (χ0n) is 11.2. The number of morpholine rings is 1. The molecule has 0 spiro atoms. The molecule has 2 N–H and O–H groups in total. The molecule has 0 aromatic heterocycles. The summed E-state index contributed by atoms with van der Waals surface area (Å²) in [4.78, 5) is 2.43. The van der Waals surface area contributed by atoms with Crippen LogP contribution in [0, 0.1) is 13.8 Å². The maximum atomic E-state index is 5.66. The van der Waals surface area contributed by atoms with Gasteiger partial charge in [-0.2, -0.15) is 0 Å². The van der Waals surface area contributed by atoms with E-state index in [0.29, 0.717) is 6.54 Å². The fourth-order valence-electron chi connectivity index (χ4n) is 2.33. The van der Waals surface area contributed by atoms with E-state index in [1.54, 1.807) is 0 Å². The van der Waals surface area contributed by atoms with Gasteiger partial charge in [0.1, 0.15) is 0 Å². The predicted octanol–water partition coefficient (Wildman–Crippen LogP) is 1.88. The van der Waals surface area contributed by atoms with Gasteiger partial charge in [-0.1, -0.05) is 23.8 Å². The first-order valence-corrected chi connectivity index (χ1v) is 6.29. The van der Waals surface area contributed by atoms with E-state index in [9.17, 15) is 0 Å². The topological polar surface area (TPSA) is 38.5 Å². The minimum absolute atomic E-state index is 0. The second-order valence-electron chi connectivity index (χ2n) is 4.89. The zero-order chi connectivity index (χ0) is 12.3. The van der Waals surface area contributed by atoms with E-state index < -0.39 is 0 Å². The molecule has 0 bridgehead atoms. The molecule has 1 aromatic rings. The Morgan fingerprint density at radius 1 is 1.39 bits per heavy atom. The molecule has 4 heteroatoms. The van der Waals surface area contributed by atoms with Crippen LogP contribution in [0.15, 0.2) is 18.2 Å². The minimum atomic E-state index is 0. The lowest BCUT2D eigenvalue weighted by Crippen LogP contribution is -2.45. The first-order valence-electron chi connectivity index (χ1n) is 6.29. The molecule has 0 amide bonds. The predicted molar refractivity (Wildman–Crippen MR) is 77.2 cm³/mol. The highest BCUT2D eigenvalue weighted by molar-refractivity contribution is 5.85. The first kappa shape index (κ1) is 15.4. The van der Waals surface area contributed by atoms with Crippen LogP contribution in [-0.2, 0) is 11.3 Å². The number of nitrogens with two attached hydrogens (primary N) is 1. The average Bonchev–Trinajstić information content (AvgIpc) is 2.33. The summed E-state index contributed by atoms with van der Waals surface area (Å²) in [6.45, 7) is 8.69. The van der Waals surface area contributed by atoms with Gasteiger partial charge in [-0.3, -0.25) is 4.90 Å². The van der Waals surface area contributed by atoms with Gasteiger partial charge in [0, 0.05) is 26.2 Å². The van der Waals surface area contributed by atoms with Gasteiger partial charge >= 0.3 is 0 Å². The van der Waals surface area contributed by atoms with Crippen LogP contribution in [0.5, 0.6) is 0 Å². The molecule has 1 aliphatic rings. The Balaban J connectivity index is 0.00000162. The van der Waals surface area contributed by atoms with Crippen molar-refractivity contribution in [3.05, 3.63) is 34.9 Å². The molecule has 0 saturated carbocycles. The molecule has 1 aliphatic heterocycles. The third kappa shape index (κ3) is 3.95. The first-order chi connectivity index (χ1) is 8.19. The van der Waals surface area contributed by atoms with Crippen molar-refractivity contribution in [2.24, 2.45) is 5.73 Å². The van der Waals surface area contributed by atoms with Crippen LogP contribution in [0.1, 0.15) is 16.7 Å². The molecular formula is C14H23ClN2O. The van der Waals surface area contributed by atoms with E-state index in [2.05, 4.69) is 36.9 Å². The summed E-state index contributed by atoms with van der Waals surface area (Å²) >= 11 is 0. The van der Waals surface area contributed by atoms with Gasteiger partial charge in [0.05, 0.1) is 12.7 Å². The molecule has 1 atom stereocenters.